The van der Waals surface area contributed by atoms with Crippen molar-refractivity contribution in [1.29, 1.82) is 0 Å². The fraction of sp³-hybridized carbons (Fsp3) is 0.100. The van der Waals surface area contributed by atoms with Crippen molar-refractivity contribution in [2.45, 2.75) is 5.16 Å². The average molecular weight is 490 g/mol. The number of anilines is 1. The number of halogens is 2. The Morgan fingerprint density at radius 1 is 1.16 bits per heavy atom. The molecule has 2 aromatic heterocycles. The van der Waals surface area contributed by atoms with E-state index >= 15 is 0 Å². The molecule has 4 N–H and O–H groups in total. The molecule has 2 aromatic carbocycles. The van der Waals surface area contributed by atoms with Crippen LogP contribution in [0.2, 0.25) is 10.0 Å². The number of benzene rings is 2. The van der Waals surface area contributed by atoms with E-state index in [1.54, 1.807) is 25.3 Å². The zero-order valence-corrected chi connectivity index (χ0v) is 19.0. The fourth-order valence-corrected chi connectivity index (χ4v) is 3.76. The van der Waals surface area contributed by atoms with Crippen molar-refractivity contribution in [1.82, 2.24) is 25.1 Å². The molecule has 9 nitrogen and oxygen atoms in total. The maximum atomic E-state index is 12.2. The largest absolute Gasteiger partial charge is 0.497 e. The minimum absolute atomic E-state index is 0.0790. The first-order valence-electron chi connectivity index (χ1n) is 9.23. The highest BCUT2D eigenvalue weighted by molar-refractivity contribution is 7.99. The third-order valence-corrected chi connectivity index (χ3v) is 6.09. The summed E-state index contributed by atoms with van der Waals surface area (Å²) in [6, 6.07) is 14.2. The smallest absolute Gasteiger partial charge is 0.234 e. The Balaban J connectivity index is 1.41. The van der Waals surface area contributed by atoms with Gasteiger partial charge in [0.15, 0.2) is 0 Å². The quantitative estimate of drug-likeness (QED) is 0.263. The van der Waals surface area contributed by atoms with Crippen molar-refractivity contribution >= 4 is 46.6 Å². The van der Waals surface area contributed by atoms with Gasteiger partial charge < -0.3 is 15.9 Å². The molecule has 0 bridgehead atoms. The Morgan fingerprint density at radius 3 is 2.66 bits per heavy atom. The molecule has 0 aliphatic heterocycles. The number of rotatable bonds is 7. The van der Waals surface area contributed by atoms with E-state index in [1.807, 2.05) is 30.3 Å². The highest BCUT2D eigenvalue weighted by Crippen LogP contribution is 2.27. The van der Waals surface area contributed by atoms with Crippen LogP contribution >= 0.6 is 35.0 Å². The van der Waals surface area contributed by atoms with Crippen LogP contribution in [0.5, 0.6) is 5.75 Å². The molecule has 1 amide bonds. The number of H-pyrrole nitrogens is 1. The van der Waals surface area contributed by atoms with Gasteiger partial charge in [0.05, 0.1) is 28.6 Å². The predicted octanol–water partition coefficient (Wildman–Crippen LogP) is 4.10. The maximum absolute atomic E-state index is 12.2. The molecule has 0 aliphatic carbocycles. The lowest BCUT2D eigenvalue weighted by molar-refractivity contribution is -0.113. The lowest BCUT2D eigenvalue weighted by atomic mass is 10.1. The standard InChI is InChI=1S/C20H17Cl2N7O2S/c1-31-13-5-2-11(3-6-13)16-9-17(26-25-16)19-27-28-20(29(19)23)32-10-18(30)24-12-4-7-14(21)15(22)8-12/h2-9H,10,23H2,1H3,(H,24,30)(H,25,26). The van der Waals surface area contributed by atoms with Gasteiger partial charge in [0, 0.05) is 11.3 Å². The Hall–Kier alpha value is -3.21. The number of nitrogens with zero attached hydrogens (tertiary/aromatic N) is 4. The molecule has 0 saturated carbocycles. The second kappa shape index (κ2) is 9.51. The Kier molecular flexibility index (Phi) is 6.54. The summed E-state index contributed by atoms with van der Waals surface area (Å²) < 4.78 is 6.48. The van der Waals surface area contributed by atoms with Crippen LogP contribution in [0.3, 0.4) is 0 Å². The van der Waals surface area contributed by atoms with Gasteiger partial charge in [-0.05, 0) is 48.5 Å². The summed E-state index contributed by atoms with van der Waals surface area (Å²) in [7, 11) is 1.61. The zero-order chi connectivity index (χ0) is 22.7. The molecule has 0 radical (unpaired) electrons. The predicted molar refractivity (Wildman–Crippen MR) is 126 cm³/mol. The first-order chi connectivity index (χ1) is 15.4. The zero-order valence-electron chi connectivity index (χ0n) is 16.7. The van der Waals surface area contributed by atoms with Crippen molar-refractivity contribution in [3.05, 3.63) is 58.6 Å². The molecule has 0 aliphatic rings. The summed E-state index contributed by atoms with van der Waals surface area (Å²) in [6.07, 6.45) is 0. The van der Waals surface area contributed by atoms with Crippen molar-refractivity contribution in [3.8, 4) is 28.5 Å². The van der Waals surface area contributed by atoms with E-state index in [-0.39, 0.29) is 11.7 Å². The van der Waals surface area contributed by atoms with E-state index < -0.39 is 0 Å². The molecule has 2 heterocycles. The second-order valence-corrected chi connectivity index (χ2v) is 8.29. The summed E-state index contributed by atoms with van der Waals surface area (Å²) in [4.78, 5) is 12.2. The van der Waals surface area contributed by atoms with Gasteiger partial charge in [-0.25, -0.2) is 4.68 Å². The molecule has 4 aromatic rings. The second-order valence-electron chi connectivity index (χ2n) is 6.54. The minimum atomic E-state index is -0.249. The van der Waals surface area contributed by atoms with Crippen LogP contribution in [0, 0.1) is 0 Å². The van der Waals surface area contributed by atoms with Gasteiger partial charge in [0.1, 0.15) is 11.4 Å². The number of nitrogen functional groups attached to an aromatic ring is 1. The van der Waals surface area contributed by atoms with Crippen molar-refractivity contribution in [3.63, 3.8) is 0 Å². The highest BCUT2D eigenvalue weighted by Gasteiger charge is 2.16. The van der Waals surface area contributed by atoms with Crippen LogP contribution in [0.25, 0.3) is 22.8 Å². The summed E-state index contributed by atoms with van der Waals surface area (Å²) >= 11 is 13.0. The van der Waals surface area contributed by atoms with Crippen LogP contribution < -0.4 is 15.9 Å². The maximum Gasteiger partial charge on any atom is 0.234 e. The first-order valence-corrected chi connectivity index (χ1v) is 11.0. The van der Waals surface area contributed by atoms with Crippen LogP contribution in [-0.2, 0) is 4.79 Å². The van der Waals surface area contributed by atoms with Crippen LogP contribution in [-0.4, -0.2) is 43.8 Å². The van der Waals surface area contributed by atoms with E-state index in [0.29, 0.717) is 32.4 Å². The summed E-state index contributed by atoms with van der Waals surface area (Å²) in [6.45, 7) is 0. The topological polar surface area (TPSA) is 124 Å². The number of hydrogen-bond donors (Lipinski definition) is 3. The number of aromatic amines is 1. The van der Waals surface area contributed by atoms with E-state index in [4.69, 9.17) is 33.8 Å². The summed E-state index contributed by atoms with van der Waals surface area (Å²) in [5.74, 6) is 7.12. The SMILES string of the molecule is COc1ccc(-c2cc(-c3nnc(SCC(=O)Nc4ccc(Cl)c(Cl)c4)n3N)[nH]n2)cc1. The Morgan fingerprint density at radius 2 is 1.94 bits per heavy atom. The van der Waals surface area contributed by atoms with Crippen molar-refractivity contribution < 1.29 is 9.53 Å². The lowest BCUT2D eigenvalue weighted by Gasteiger charge is -2.06. The van der Waals surface area contributed by atoms with Gasteiger partial charge in [0.2, 0.25) is 16.9 Å². The van der Waals surface area contributed by atoms with Crippen molar-refractivity contribution in [2.24, 2.45) is 0 Å². The fourth-order valence-electron chi connectivity index (χ4n) is 2.81. The van der Waals surface area contributed by atoms with Crippen LogP contribution in [0.15, 0.2) is 53.7 Å². The van der Waals surface area contributed by atoms with Gasteiger partial charge in [-0.15, -0.1) is 10.2 Å². The van der Waals surface area contributed by atoms with E-state index in [1.165, 1.54) is 4.68 Å². The number of methoxy groups -OCH3 is 1. The van der Waals surface area contributed by atoms with E-state index in [9.17, 15) is 4.79 Å². The highest BCUT2D eigenvalue weighted by atomic mass is 35.5. The first kappa shape index (κ1) is 22.0. The van der Waals surface area contributed by atoms with Crippen LogP contribution in [0.1, 0.15) is 0 Å². The molecule has 0 saturated heterocycles. The third-order valence-electron chi connectivity index (χ3n) is 4.40. The number of nitrogens with one attached hydrogen (secondary N) is 2. The number of amides is 1. The number of carbonyl (C=O) groups excluding carboxylic acids is 1. The van der Waals surface area contributed by atoms with Gasteiger partial charge in [-0.1, -0.05) is 35.0 Å². The van der Waals surface area contributed by atoms with E-state index in [0.717, 1.165) is 28.8 Å². The number of hydrogen-bond acceptors (Lipinski definition) is 7. The Bertz CT molecular complexity index is 1260. The number of aromatic nitrogens is 5. The molecule has 0 atom stereocenters. The molecule has 32 heavy (non-hydrogen) atoms. The summed E-state index contributed by atoms with van der Waals surface area (Å²) in [5.41, 5.74) is 2.77. The number of ether oxygens (including phenoxy) is 1. The van der Waals surface area contributed by atoms with Gasteiger partial charge >= 0.3 is 0 Å². The molecule has 4 rings (SSSR count). The summed E-state index contributed by atoms with van der Waals surface area (Å²) in [5, 5.41) is 19.3. The lowest BCUT2D eigenvalue weighted by Crippen LogP contribution is -2.16. The molecular weight excluding hydrogens is 473 g/mol. The number of nitrogens with two attached hydrogens (primary N) is 1. The number of carbonyl (C=O) groups is 1. The molecule has 0 unspecified atom stereocenters. The van der Waals surface area contributed by atoms with Gasteiger partial charge in [-0.2, -0.15) is 5.10 Å². The van der Waals surface area contributed by atoms with E-state index in [2.05, 4.69) is 25.7 Å². The molecule has 0 spiro atoms. The van der Waals surface area contributed by atoms with Crippen LogP contribution in [0.4, 0.5) is 5.69 Å². The van der Waals surface area contributed by atoms with Gasteiger partial charge in [-0.3, -0.25) is 9.89 Å². The molecule has 12 heteroatoms. The normalized spacial score (nSPS) is 10.8. The molecule has 164 valence electrons. The number of thioether (sulfide) groups is 1. The van der Waals surface area contributed by atoms with Crippen molar-refractivity contribution in [2.75, 3.05) is 24.0 Å². The Labute approximate surface area is 197 Å². The third kappa shape index (κ3) is 4.82. The van der Waals surface area contributed by atoms with Gasteiger partial charge in [0.25, 0.3) is 0 Å². The molecule has 0 fully saturated rings. The monoisotopic (exact) mass is 489 g/mol. The average Bonchev–Trinajstić information content (AvgIpc) is 3.42. The molecular formula is C20H17Cl2N7O2S. The minimum Gasteiger partial charge on any atom is -0.497 e.